The van der Waals surface area contributed by atoms with Crippen molar-refractivity contribution in [3.05, 3.63) is 127 Å². The first-order chi connectivity index (χ1) is 21.1. The molecule has 9 rings (SSSR count). The van der Waals surface area contributed by atoms with Gasteiger partial charge in [0.25, 0.3) is 0 Å². The van der Waals surface area contributed by atoms with Crippen LogP contribution in [0.1, 0.15) is 11.4 Å². The van der Waals surface area contributed by atoms with Crippen LogP contribution in [0.15, 0.2) is 115 Å². The third-order valence-electron chi connectivity index (χ3n) is 9.33. The Bertz CT molecular complexity index is 2100. The van der Waals surface area contributed by atoms with E-state index in [-0.39, 0.29) is 6.85 Å². The minimum Gasteiger partial charge on any atom is -0.376 e. The fourth-order valence-corrected chi connectivity index (χ4v) is 7.51. The summed E-state index contributed by atoms with van der Waals surface area (Å²) < 4.78 is 2.07. The standard InChI is InChI=1S/C37H30BN5/c1-24-20-25(2)43(39-24)27-17-19-29-31-11-5-7-13-35(31)42-34-12-6-4-10-30(34)28-18-16-26(21-32(28)38(42)33(29)22-27)41-23-40(3)36-14-8-9-15-37(36)41/h4-22H,23H2,1-3H3. The van der Waals surface area contributed by atoms with Gasteiger partial charge in [0, 0.05) is 40.9 Å². The van der Waals surface area contributed by atoms with Crippen LogP contribution in [0.3, 0.4) is 0 Å². The highest BCUT2D eigenvalue weighted by Crippen LogP contribution is 2.47. The van der Waals surface area contributed by atoms with Crippen LogP contribution >= 0.6 is 0 Å². The van der Waals surface area contributed by atoms with E-state index in [9.17, 15) is 0 Å². The molecule has 0 N–H and O–H groups in total. The van der Waals surface area contributed by atoms with Crippen LogP contribution < -0.4 is 25.5 Å². The first-order valence-electron chi connectivity index (χ1n) is 14.9. The summed E-state index contributed by atoms with van der Waals surface area (Å²) in [6, 6.07) is 42.5. The van der Waals surface area contributed by atoms with Gasteiger partial charge in [-0.05, 0) is 90.5 Å². The summed E-state index contributed by atoms with van der Waals surface area (Å²) in [5, 5.41) is 4.84. The zero-order valence-electron chi connectivity index (χ0n) is 24.5. The van der Waals surface area contributed by atoms with Gasteiger partial charge in [-0.15, -0.1) is 0 Å². The predicted molar refractivity (Wildman–Crippen MR) is 179 cm³/mol. The molecule has 0 saturated heterocycles. The lowest BCUT2D eigenvalue weighted by Crippen LogP contribution is -2.59. The van der Waals surface area contributed by atoms with Crippen molar-refractivity contribution in [2.45, 2.75) is 13.8 Å². The van der Waals surface area contributed by atoms with Gasteiger partial charge in [-0.25, -0.2) is 4.68 Å². The van der Waals surface area contributed by atoms with E-state index >= 15 is 0 Å². The number of fused-ring (bicyclic) bond motifs is 12. The molecule has 0 saturated carbocycles. The van der Waals surface area contributed by atoms with Crippen molar-refractivity contribution < 1.29 is 0 Å². The minimum atomic E-state index is 0.0160. The van der Waals surface area contributed by atoms with E-state index in [1.165, 1.54) is 61.6 Å². The first kappa shape index (κ1) is 24.4. The van der Waals surface area contributed by atoms with E-state index in [0.717, 1.165) is 23.7 Å². The van der Waals surface area contributed by atoms with Gasteiger partial charge in [-0.1, -0.05) is 60.7 Å². The maximum absolute atomic E-state index is 4.84. The molecule has 0 fully saturated rings. The van der Waals surface area contributed by atoms with Gasteiger partial charge in [0.05, 0.1) is 29.4 Å². The second-order valence-electron chi connectivity index (χ2n) is 11.9. The number of aryl methyl sites for hydroxylation is 2. The smallest absolute Gasteiger partial charge is 0.329 e. The molecule has 0 spiro atoms. The minimum absolute atomic E-state index is 0.0160. The number of benzene rings is 5. The second-order valence-corrected chi connectivity index (χ2v) is 11.9. The van der Waals surface area contributed by atoms with Gasteiger partial charge in [0.1, 0.15) is 0 Å². The summed E-state index contributed by atoms with van der Waals surface area (Å²) in [7, 11) is 2.17. The molecule has 0 bridgehead atoms. The van der Waals surface area contributed by atoms with Crippen molar-refractivity contribution in [2.24, 2.45) is 0 Å². The van der Waals surface area contributed by atoms with E-state index < -0.39 is 0 Å². The Labute approximate surface area is 252 Å². The average Bonchev–Trinajstić information content (AvgIpc) is 3.57. The molecular weight excluding hydrogens is 525 g/mol. The molecule has 0 atom stereocenters. The normalized spacial score (nSPS) is 14.1. The highest BCUT2D eigenvalue weighted by atomic mass is 15.4. The Morgan fingerprint density at radius 3 is 1.77 bits per heavy atom. The van der Waals surface area contributed by atoms with Crippen molar-refractivity contribution in [3.63, 3.8) is 0 Å². The van der Waals surface area contributed by atoms with Gasteiger partial charge in [-0.2, -0.15) is 5.10 Å². The summed E-state index contributed by atoms with van der Waals surface area (Å²) in [6.45, 7) is 5.03. The predicted octanol–water partition coefficient (Wildman–Crippen LogP) is 6.94. The Hall–Kier alpha value is -5.23. The van der Waals surface area contributed by atoms with Crippen LogP contribution in [-0.2, 0) is 0 Å². The van der Waals surface area contributed by atoms with Crippen molar-refractivity contribution in [3.8, 4) is 27.9 Å². The van der Waals surface area contributed by atoms with Gasteiger partial charge in [0.2, 0.25) is 0 Å². The molecule has 0 unspecified atom stereocenters. The monoisotopic (exact) mass is 555 g/mol. The second kappa shape index (κ2) is 8.89. The van der Waals surface area contributed by atoms with Crippen LogP contribution in [0.25, 0.3) is 27.9 Å². The number of hydrogen-bond donors (Lipinski definition) is 0. The molecule has 4 heterocycles. The zero-order valence-corrected chi connectivity index (χ0v) is 24.5. The van der Waals surface area contributed by atoms with Crippen LogP contribution in [0, 0.1) is 13.8 Å². The summed E-state index contributed by atoms with van der Waals surface area (Å²) in [5.41, 5.74) is 17.2. The van der Waals surface area contributed by atoms with Gasteiger partial charge in [0.15, 0.2) is 0 Å². The molecule has 6 aromatic rings. The van der Waals surface area contributed by atoms with Crippen LogP contribution in [0.5, 0.6) is 0 Å². The molecule has 0 aliphatic carbocycles. The van der Waals surface area contributed by atoms with Crippen molar-refractivity contribution in [1.82, 2.24) is 9.78 Å². The zero-order chi connectivity index (χ0) is 28.8. The molecule has 0 radical (unpaired) electrons. The van der Waals surface area contributed by atoms with Gasteiger partial charge in [-0.3, -0.25) is 0 Å². The van der Waals surface area contributed by atoms with E-state index in [0.29, 0.717) is 0 Å². The number of para-hydroxylation sites is 4. The quantitative estimate of drug-likeness (QED) is 0.217. The molecular formula is C37H30BN5. The van der Waals surface area contributed by atoms with Crippen molar-refractivity contribution in [1.29, 1.82) is 0 Å². The molecule has 3 aliphatic heterocycles. The largest absolute Gasteiger partial charge is 0.376 e. The Balaban J connectivity index is 1.31. The SMILES string of the molecule is Cc1cc(C)n(-c2ccc3c(c2)B2c4cc(N5CN(C)c6ccccc65)ccc4-c4ccccc4N2c2ccccc2-3)n1. The third-order valence-corrected chi connectivity index (χ3v) is 9.33. The van der Waals surface area contributed by atoms with E-state index in [2.05, 4.69) is 155 Å². The lowest BCUT2D eigenvalue weighted by atomic mass is 9.43. The molecule has 0 amide bonds. The highest BCUT2D eigenvalue weighted by molar-refractivity contribution is 6.92. The van der Waals surface area contributed by atoms with Crippen LogP contribution in [0.4, 0.5) is 28.4 Å². The Kier molecular flexibility index (Phi) is 5.04. The molecule has 5 aromatic carbocycles. The molecule has 206 valence electrons. The summed E-state index contributed by atoms with van der Waals surface area (Å²) in [5.74, 6) is 0. The van der Waals surface area contributed by atoms with Gasteiger partial charge < -0.3 is 14.6 Å². The Morgan fingerprint density at radius 2 is 1.14 bits per heavy atom. The van der Waals surface area contributed by atoms with Gasteiger partial charge >= 0.3 is 6.85 Å². The van der Waals surface area contributed by atoms with E-state index in [1.54, 1.807) is 0 Å². The maximum Gasteiger partial charge on any atom is 0.329 e. The summed E-state index contributed by atoms with van der Waals surface area (Å²) >= 11 is 0. The lowest BCUT2D eigenvalue weighted by molar-refractivity contribution is 0.834. The topological polar surface area (TPSA) is 27.5 Å². The fraction of sp³-hybridized carbons (Fsp3) is 0.108. The van der Waals surface area contributed by atoms with E-state index in [1.807, 2.05) is 0 Å². The first-order valence-corrected chi connectivity index (χ1v) is 14.9. The van der Waals surface area contributed by atoms with Crippen LogP contribution in [-0.4, -0.2) is 30.3 Å². The number of nitrogens with zero attached hydrogens (tertiary/aromatic N) is 5. The summed E-state index contributed by atoms with van der Waals surface area (Å²) in [4.78, 5) is 7.32. The molecule has 43 heavy (non-hydrogen) atoms. The fourth-order valence-electron chi connectivity index (χ4n) is 7.51. The highest BCUT2D eigenvalue weighted by Gasteiger charge is 2.42. The molecule has 1 aromatic heterocycles. The number of anilines is 5. The maximum atomic E-state index is 4.84. The lowest BCUT2D eigenvalue weighted by Gasteiger charge is -2.43. The Morgan fingerprint density at radius 1 is 0.581 bits per heavy atom. The number of rotatable bonds is 2. The number of aromatic nitrogens is 2. The number of hydrogen-bond acceptors (Lipinski definition) is 4. The van der Waals surface area contributed by atoms with Crippen molar-refractivity contribution in [2.75, 3.05) is 28.3 Å². The third kappa shape index (κ3) is 3.44. The molecule has 6 heteroatoms. The van der Waals surface area contributed by atoms with E-state index in [4.69, 9.17) is 5.10 Å². The molecule has 5 nitrogen and oxygen atoms in total. The summed E-state index contributed by atoms with van der Waals surface area (Å²) in [6.07, 6.45) is 0. The van der Waals surface area contributed by atoms with Crippen LogP contribution in [0.2, 0.25) is 0 Å². The average molecular weight is 555 g/mol. The molecule has 3 aliphatic rings. The van der Waals surface area contributed by atoms with Crippen molar-refractivity contribution >= 4 is 46.2 Å².